The van der Waals surface area contributed by atoms with Gasteiger partial charge in [-0.2, -0.15) is 4.80 Å². The highest BCUT2D eigenvalue weighted by Gasteiger charge is 2.12. The van der Waals surface area contributed by atoms with Gasteiger partial charge in [0.05, 0.1) is 12.6 Å². The first-order valence-electron chi connectivity index (χ1n) is 4.41. The molecular weight excluding hydrogens is 210 g/mol. The van der Waals surface area contributed by atoms with E-state index >= 15 is 0 Å². The zero-order chi connectivity index (χ0) is 11.5. The normalized spacial score (nSPS) is 10.1. The van der Waals surface area contributed by atoms with Crippen molar-refractivity contribution in [3.05, 3.63) is 24.0 Å². The largest absolute Gasteiger partial charge is 0.398 e. The lowest BCUT2D eigenvalue weighted by molar-refractivity contribution is 0.102. The summed E-state index contributed by atoms with van der Waals surface area (Å²) in [6.45, 7) is 0. The maximum atomic E-state index is 11.7. The van der Waals surface area contributed by atoms with Gasteiger partial charge in [-0.15, -0.1) is 5.10 Å². The average Bonchev–Trinajstić information content (AvgIpc) is 2.64. The second-order valence-electron chi connectivity index (χ2n) is 3.02. The fourth-order valence-electron chi connectivity index (χ4n) is 1.10. The molecule has 2 heterocycles. The van der Waals surface area contributed by atoms with Crippen LogP contribution in [0.15, 0.2) is 18.5 Å². The summed E-state index contributed by atoms with van der Waals surface area (Å²) in [7, 11) is 1.60. The lowest BCUT2D eigenvalue weighted by Gasteiger charge is -2.02. The topological polar surface area (TPSA) is 112 Å². The molecule has 82 valence electrons. The van der Waals surface area contributed by atoms with Crippen LogP contribution in [-0.2, 0) is 7.05 Å². The Morgan fingerprint density at radius 1 is 1.56 bits per heavy atom. The second kappa shape index (κ2) is 3.93. The van der Waals surface area contributed by atoms with Crippen LogP contribution in [0.2, 0.25) is 0 Å². The number of tetrazole rings is 1. The number of nitrogens with two attached hydrogens (primary N) is 1. The predicted molar refractivity (Wildman–Crippen MR) is 55.4 cm³/mol. The summed E-state index contributed by atoms with van der Waals surface area (Å²) in [4.78, 5) is 16.7. The minimum atomic E-state index is -0.418. The fourth-order valence-corrected chi connectivity index (χ4v) is 1.10. The van der Waals surface area contributed by atoms with Crippen molar-refractivity contribution in [3.63, 3.8) is 0 Å². The highest BCUT2D eigenvalue weighted by atomic mass is 16.1. The maximum Gasteiger partial charge on any atom is 0.270 e. The molecule has 0 aliphatic carbocycles. The number of hydrogen-bond acceptors (Lipinski definition) is 6. The van der Waals surface area contributed by atoms with Gasteiger partial charge < -0.3 is 5.73 Å². The van der Waals surface area contributed by atoms with Crippen molar-refractivity contribution in [3.8, 4) is 0 Å². The minimum absolute atomic E-state index is 0.121. The first-order valence-corrected chi connectivity index (χ1v) is 4.41. The number of carbonyl (C=O) groups excluding carboxylic acids is 1. The van der Waals surface area contributed by atoms with Crippen LogP contribution in [0.5, 0.6) is 0 Å². The lowest BCUT2D eigenvalue weighted by atomic mass is 10.2. The number of rotatable bonds is 2. The van der Waals surface area contributed by atoms with Gasteiger partial charge in [0.25, 0.3) is 11.9 Å². The van der Waals surface area contributed by atoms with Crippen LogP contribution in [0.25, 0.3) is 0 Å². The zero-order valence-electron chi connectivity index (χ0n) is 8.45. The summed E-state index contributed by atoms with van der Waals surface area (Å²) < 4.78 is 0. The van der Waals surface area contributed by atoms with E-state index in [-0.39, 0.29) is 11.5 Å². The molecule has 0 radical (unpaired) electrons. The zero-order valence-corrected chi connectivity index (χ0v) is 8.45. The van der Waals surface area contributed by atoms with E-state index in [9.17, 15) is 4.79 Å². The van der Waals surface area contributed by atoms with Gasteiger partial charge in [-0.25, -0.2) is 0 Å². The Balaban J connectivity index is 2.18. The van der Waals surface area contributed by atoms with Gasteiger partial charge in [0, 0.05) is 18.1 Å². The van der Waals surface area contributed by atoms with Gasteiger partial charge in [0.2, 0.25) is 0 Å². The molecule has 0 saturated heterocycles. The number of carbonyl (C=O) groups is 1. The number of hydrogen-bond donors (Lipinski definition) is 2. The van der Waals surface area contributed by atoms with Gasteiger partial charge in [-0.05, 0) is 11.3 Å². The van der Waals surface area contributed by atoms with Crippen molar-refractivity contribution < 1.29 is 4.79 Å². The molecule has 0 aliphatic rings. The molecule has 2 aromatic rings. The van der Waals surface area contributed by atoms with Crippen LogP contribution >= 0.6 is 0 Å². The van der Waals surface area contributed by atoms with Crippen molar-refractivity contribution in [1.82, 2.24) is 25.2 Å². The highest BCUT2D eigenvalue weighted by molar-refractivity contribution is 6.06. The van der Waals surface area contributed by atoms with E-state index in [0.717, 1.165) is 0 Å². The van der Waals surface area contributed by atoms with Gasteiger partial charge in [0.15, 0.2) is 0 Å². The smallest absolute Gasteiger partial charge is 0.270 e. The Bertz CT molecular complexity index is 521. The fraction of sp³-hybridized carbons (Fsp3) is 0.125. The maximum absolute atomic E-state index is 11.7. The summed E-state index contributed by atoms with van der Waals surface area (Å²) >= 11 is 0. The number of aryl methyl sites for hydroxylation is 1. The number of aromatic nitrogens is 5. The van der Waals surface area contributed by atoms with E-state index in [2.05, 4.69) is 25.7 Å². The Labute approximate surface area is 90.5 Å². The third-order valence-electron chi connectivity index (χ3n) is 1.83. The second-order valence-corrected chi connectivity index (χ2v) is 3.02. The Morgan fingerprint density at radius 2 is 2.38 bits per heavy atom. The lowest BCUT2D eigenvalue weighted by Crippen LogP contribution is -2.15. The van der Waals surface area contributed by atoms with Crippen LogP contribution in [0, 0.1) is 0 Å². The molecule has 16 heavy (non-hydrogen) atoms. The SMILES string of the molecule is Cn1nnc(NC(=O)c2cnccc2N)n1. The van der Waals surface area contributed by atoms with Gasteiger partial charge in [0.1, 0.15) is 0 Å². The Morgan fingerprint density at radius 3 is 3.00 bits per heavy atom. The molecule has 0 aromatic carbocycles. The summed E-state index contributed by atoms with van der Waals surface area (Å²) in [6.07, 6.45) is 2.88. The summed E-state index contributed by atoms with van der Waals surface area (Å²) in [5, 5.41) is 13.5. The molecule has 2 rings (SSSR count). The average molecular weight is 219 g/mol. The predicted octanol–water partition coefficient (Wildman–Crippen LogP) is -0.560. The standard InChI is InChI=1S/C8H9N7O/c1-15-13-8(12-14-15)11-7(16)5-4-10-3-2-6(5)9/h2-4H,1H3,(H2,9,10)(H,11,13,16). The van der Waals surface area contributed by atoms with Gasteiger partial charge >= 0.3 is 0 Å². The van der Waals surface area contributed by atoms with Crippen LogP contribution in [0.4, 0.5) is 11.6 Å². The molecule has 0 atom stereocenters. The molecule has 0 bridgehead atoms. The number of anilines is 2. The van der Waals surface area contributed by atoms with Crippen LogP contribution in [0.3, 0.4) is 0 Å². The summed E-state index contributed by atoms with van der Waals surface area (Å²) in [6, 6.07) is 1.54. The van der Waals surface area contributed by atoms with E-state index in [1.807, 2.05) is 0 Å². The molecule has 0 saturated carbocycles. The van der Waals surface area contributed by atoms with Crippen LogP contribution < -0.4 is 11.1 Å². The van der Waals surface area contributed by atoms with Crippen molar-refractivity contribution >= 4 is 17.5 Å². The monoisotopic (exact) mass is 219 g/mol. The first-order chi connectivity index (χ1) is 7.66. The van der Waals surface area contributed by atoms with Crippen molar-refractivity contribution in [2.75, 3.05) is 11.1 Å². The van der Waals surface area contributed by atoms with E-state index in [4.69, 9.17) is 5.73 Å². The quantitative estimate of drug-likeness (QED) is 0.700. The van der Waals surface area contributed by atoms with E-state index in [0.29, 0.717) is 5.69 Å². The number of pyridine rings is 1. The highest BCUT2D eigenvalue weighted by Crippen LogP contribution is 2.09. The molecule has 8 nitrogen and oxygen atoms in total. The number of amides is 1. The summed E-state index contributed by atoms with van der Waals surface area (Å²) in [5.41, 5.74) is 6.23. The van der Waals surface area contributed by atoms with E-state index in [1.165, 1.54) is 17.2 Å². The first kappa shape index (κ1) is 10.0. The summed E-state index contributed by atoms with van der Waals surface area (Å²) in [5.74, 6) is -0.297. The number of nitrogens with zero attached hydrogens (tertiary/aromatic N) is 5. The molecule has 0 fully saturated rings. The molecule has 1 amide bonds. The van der Waals surface area contributed by atoms with E-state index in [1.54, 1.807) is 13.1 Å². The van der Waals surface area contributed by atoms with Crippen molar-refractivity contribution in [1.29, 1.82) is 0 Å². The Kier molecular flexibility index (Phi) is 2.46. The number of nitrogens with one attached hydrogen (secondary N) is 1. The van der Waals surface area contributed by atoms with Crippen LogP contribution in [-0.4, -0.2) is 31.1 Å². The third-order valence-corrected chi connectivity index (χ3v) is 1.83. The molecule has 0 unspecified atom stereocenters. The van der Waals surface area contributed by atoms with Crippen molar-refractivity contribution in [2.45, 2.75) is 0 Å². The molecule has 8 heteroatoms. The number of nitrogen functional groups attached to an aromatic ring is 1. The van der Waals surface area contributed by atoms with Gasteiger partial charge in [-0.3, -0.25) is 15.1 Å². The third kappa shape index (κ3) is 1.95. The van der Waals surface area contributed by atoms with Gasteiger partial charge in [-0.1, -0.05) is 5.10 Å². The molecular formula is C8H9N7O. The minimum Gasteiger partial charge on any atom is -0.398 e. The molecule has 0 aliphatic heterocycles. The molecule has 0 spiro atoms. The molecule has 2 aromatic heterocycles. The van der Waals surface area contributed by atoms with Crippen LogP contribution in [0.1, 0.15) is 10.4 Å². The van der Waals surface area contributed by atoms with Crippen molar-refractivity contribution in [2.24, 2.45) is 7.05 Å². The Hall–Kier alpha value is -2.51. The van der Waals surface area contributed by atoms with E-state index < -0.39 is 5.91 Å². The molecule has 3 N–H and O–H groups in total.